The summed E-state index contributed by atoms with van der Waals surface area (Å²) in [6, 6.07) is 12.9. The van der Waals surface area contributed by atoms with Crippen molar-refractivity contribution in [1.29, 1.82) is 0 Å². The van der Waals surface area contributed by atoms with Crippen LogP contribution < -0.4 is 15.4 Å². The Morgan fingerprint density at radius 3 is 2.58 bits per heavy atom. The largest absolute Gasteiger partial charge is 0.457 e. The predicted octanol–water partition coefficient (Wildman–Crippen LogP) is 4.32. The van der Waals surface area contributed by atoms with Gasteiger partial charge in [0.05, 0.1) is 12.1 Å². The Bertz CT molecular complexity index is 981. The number of fused-ring (bicyclic) bond motifs is 1. The molecule has 4 rings (SSSR count). The lowest BCUT2D eigenvalue weighted by atomic mass is 9.98. The maximum absolute atomic E-state index is 13.6. The van der Waals surface area contributed by atoms with Crippen molar-refractivity contribution in [3.05, 3.63) is 59.9 Å². The Hall–Kier alpha value is -2.93. The molecule has 2 N–H and O–H groups in total. The quantitative estimate of drug-likeness (QED) is 0.684. The third-order valence-electron chi connectivity index (χ3n) is 6.77. The minimum Gasteiger partial charge on any atom is -0.457 e. The molecule has 7 heteroatoms. The standard InChI is InChI=1S/C26H32FN3O3/c1-17(28-2)25(31)29-23-9-4-3-7-20-12-15-24(30(20)26(23)32)18-6-5-8-22(16-18)33-21-13-10-19(27)11-14-21/h5-6,8,10-11,13-14,16-17,20,23-24,28H,3-4,7,9,12,15H2,1-2H3,(H,29,31)/t17?,20-,23-,24-/m0/s1. The first-order chi connectivity index (χ1) is 16.0. The number of hydrogen-bond donors (Lipinski definition) is 2. The maximum Gasteiger partial charge on any atom is 0.245 e. The van der Waals surface area contributed by atoms with Crippen LogP contribution in [0.3, 0.4) is 0 Å². The van der Waals surface area contributed by atoms with Gasteiger partial charge in [-0.15, -0.1) is 0 Å². The second-order valence-electron chi connectivity index (χ2n) is 8.98. The lowest BCUT2D eigenvalue weighted by Gasteiger charge is -2.36. The highest BCUT2D eigenvalue weighted by Crippen LogP contribution is 2.41. The molecule has 2 aromatic carbocycles. The molecule has 2 aliphatic rings. The molecule has 2 aromatic rings. The first-order valence-electron chi connectivity index (χ1n) is 11.8. The number of halogens is 1. The zero-order chi connectivity index (χ0) is 23.4. The van der Waals surface area contributed by atoms with E-state index in [-0.39, 0.29) is 35.8 Å². The summed E-state index contributed by atoms with van der Waals surface area (Å²) in [6.45, 7) is 1.79. The van der Waals surface area contributed by atoms with Crippen LogP contribution in [0.2, 0.25) is 0 Å². The highest BCUT2D eigenvalue weighted by atomic mass is 19.1. The van der Waals surface area contributed by atoms with Gasteiger partial charge in [0.2, 0.25) is 11.8 Å². The lowest BCUT2D eigenvalue weighted by molar-refractivity contribution is -0.140. The van der Waals surface area contributed by atoms with Gasteiger partial charge in [-0.25, -0.2) is 4.39 Å². The summed E-state index contributed by atoms with van der Waals surface area (Å²) in [5.74, 6) is 0.743. The van der Waals surface area contributed by atoms with Crippen molar-refractivity contribution < 1.29 is 18.7 Å². The molecule has 0 aliphatic carbocycles. The summed E-state index contributed by atoms with van der Waals surface area (Å²) in [5.41, 5.74) is 1.01. The molecule has 0 saturated carbocycles. The van der Waals surface area contributed by atoms with E-state index in [1.807, 2.05) is 29.2 Å². The second-order valence-corrected chi connectivity index (χ2v) is 8.98. The van der Waals surface area contributed by atoms with E-state index in [1.165, 1.54) is 12.1 Å². The first kappa shape index (κ1) is 23.2. The monoisotopic (exact) mass is 453 g/mol. The minimum atomic E-state index is -0.504. The zero-order valence-corrected chi connectivity index (χ0v) is 19.2. The van der Waals surface area contributed by atoms with Gasteiger partial charge < -0.3 is 20.3 Å². The van der Waals surface area contributed by atoms with Crippen molar-refractivity contribution in [3.8, 4) is 11.5 Å². The number of likely N-dealkylation sites (N-methyl/N-ethyl adjacent to an activating group) is 1. The van der Waals surface area contributed by atoms with Gasteiger partial charge >= 0.3 is 0 Å². The first-order valence-corrected chi connectivity index (χ1v) is 11.8. The summed E-state index contributed by atoms with van der Waals surface area (Å²) in [4.78, 5) is 28.1. The van der Waals surface area contributed by atoms with Crippen LogP contribution in [-0.2, 0) is 9.59 Å². The Morgan fingerprint density at radius 1 is 1.06 bits per heavy atom. The molecule has 2 aliphatic heterocycles. The van der Waals surface area contributed by atoms with Crippen molar-refractivity contribution in [2.24, 2.45) is 0 Å². The van der Waals surface area contributed by atoms with Crippen LogP contribution in [0, 0.1) is 5.82 Å². The molecule has 0 radical (unpaired) electrons. The van der Waals surface area contributed by atoms with Gasteiger partial charge in [0.1, 0.15) is 23.4 Å². The van der Waals surface area contributed by atoms with Crippen LogP contribution in [0.25, 0.3) is 0 Å². The maximum atomic E-state index is 13.6. The topological polar surface area (TPSA) is 70.7 Å². The average molecular weight is 454 g/mol. The lowest BCUT2D eigenvalue weighted by Crippen LogP contribution is -2.54. The normalized spacial score (nSPS) is 23.9. The fourth-order valence-electron chi connectivity index (χ4n) is 4.84. The van der Waals surface area contributed by atoms with Gasteiger partial charge in [-0.2, -0.15) is 0 Å². The van der Waals surface area contributed by atoms with E-state index in [0.29, 0.717) is 17.9 Å². The molecular weight excluding hydrogens is 421 g/mol. The number of hydrogen-bond acceptors (Lipinski definition) is 4. The van der Waals surface area contributed by atoms with Gasteiger partial charge in [0.15, 0.2) is 0 Å². The summed E-state index contributed by atoms with van der Waals surface area (Å²) in [7, 11) is 1.73. The number of ether oxygens (including phenoxy) is 1. The number of rotatable bonds is 6. The summed E-state index contributed by atoms with van der Waals surface area (Å²) >= 11 is 0. The average Bonchev–Trinajstić information content (AvgIpc) is 3.24. The summed E-state index contributed by atoms with van der Waals surface area (Å²) in [6.07, 6.45) is 5.45. The number of carbonyl (C=O) groups is 2. The molecule has 6 nitrogen and oxygen atoms in total. The van der Waals surface area contributed by atoms with E-state index in [0.717, 1.165) is 37.7 Å². The van der Waals surface area contributed by atoms with E-state index >= 15 is 0 Å². The molecule has 176 valence electrons. The van der Waals surface area contributed by atoms with Crippen molar-refractivity contribution in [2.75, 3.05) is 7.05 Å². The Morgan fingerprint density at radius 2 is 1.82 bits per heavy atom. The van der Waals surface area contributed by atoms with Crippen LogP contribution >= 0.6 is 0 Å². The third kappa shape index (κ3) is 5.36. The van der Waals surface area contributed by atoms with Crippen LogP contribution in [0.1, 0.15) is 57.1 Å². The van der Waals surface area contributed by atoms with Gasteiger partial charge in [0, 0.05) is 6.04 Å². The Kier molecular flexibility index (Phi) is 7.28. The molecule has 0 bridgehead atoms. The molecule has 0 spiro atoms. The summed E-state index contributed by atoms with van der Waals surface area (Å²) < 4.78 is 19.1. The van der Waals surface area contributed by atoms with Crippen molar-refractivity contribution >= 4 is 11.8 Å². The molecular formula is C26H32FN3O3. The predicted molar refractivity (Wildman–Crippen MR) is 124 cm³/mol. The zero-order valence-electron chi connectivity index (χ0n) is 19.2. The van der Waals surface area contributed by atoms with Crippen molar-refractivity contribution in [1.82, 2.24) is 15.5 Å². The molecule has 0 aromatic heterocycles. The highest BCUT2D eigenvalue weighted by molar-refractivity contribution is 5.90. The molecule has 33 heavy (non-hydrogen) atoms. The molecule has 2 fully saturated rings. The third-order valence-corrected chi connectivity index (χ3v) is 6.77. The Balaban J connectivity index is 1.55. The van der Waals surface area contributed by atoms with Crippen LogP contribution in [0.15, 0.2) is 48.5 Å². The number of benzene rings is 2. The van der Waals surface area contributed by atoms with Crippen molar-refractivity contribution in [3.63, 3.8) is 0 Å². The van der Waals surface area contributed by atoms with E-state index in [4.69, 9.17) is 4.74 Å². The number of nitrogens with zero attached hydrogens (tertiary/aromatic N) is 1. The van der Waals surface area contributed by atoms with E-state index in [9.17, 15) is 14.0 Å². The van der Waals surface area contributed by atoms with Gasteiger partial charge in [-0.3, -0.25) is 9.59 Å². The number of carbonyl (C=O) groups excluding carboxylic acids is 2. The Labute approximate surface area is 194 Å². The number of nitrogens with one attached hydrogen (secondary N) is 2. The van der Waals surface area contributed by atoms with Gasteiger partial charge in [0.25, 0.3) is 0 Å². The second kappa shape index (κ2) is 10.3. The van der Waals surface area contributed by atoms with E-state index < -0.39 is 6.04 Å². The van der Waals surface area contributed by atoms with E-state index in [2.05, 4.69) is 10.6 Å². The van der Waals surface area contributed by atoms with Crippen LogP contribution in [0.4, 0.5) is 4.39 Å². The molecule has 1 unspecified atom stereocenters. The SMILES string of the molecule is CNC(C)C(=O)N[C@H]1CCCC[C@H]2CC[C@@H](c3cccc(Oc4ccc(F)cc4)c3)N2C1=O. The molecule has 2 heterocycles. The summed E-state index contributed by atoms with van der Waals surface area (Å²) in [5, 5.41) is 5.91. The molecule has 2 saturated heterocycles. The van der Waals surface area contributed by atoms with Crippen LogP contribution in [-0.4, -0.2) is 41.9 Å². The van der Waals surface area contributed by atoms with Gasteiger partial charge in [-0.1, -0.05) is 25.0 Å². The smallest absolute Gasteiger partial charge is 0.245 e. The van der Waals surface area contributed by atoms with E-state index in [1.54, 1.807) is 26.1 Å². The highest BCUT2D eigenvalue weighted by Gasteiger charge is 2.41. The number of amides is 2. The molecule has 4 atom stereocenters. The minimum absolute atomic E-state index is 0.00343. The van der Waals surface area contributed by atoms with Gasteiger partial charge in [-0.05, 0) is 81.6 Å². The van der Waals surface area contributed by atoms with Crippen molar-refractivity contribution in [2.45, 2.75) is 69.6 Å². The fourth-order valence-corrected chi connectivity index (χ4v) is 4.84. The fraction of sp³-hybridized carbons (Fsp3) is 0.462. The molecule has 2 amide bonds. The van der Waals surface area contributed by atoms with Crippen LogP contribution in [0.5, 0.6) is 11.5 Å².